The Bertz CT molecular complexity index is 2920. The lowest BCUT2D eigenvalue weighted by Gasteiger charge is -2.43. The van der Waals surface area contributed by atoms with Gasteiger partial charge in [0.25, 0.3) is 0 Å². The zero-order valence-corrected chi connectivity index (χ0v) is 29.3. The molecule has 1 unspecified atom stereocenters. The first-order valence-corrected chi connectivity index (χ1v) is 19.1. The molecule has 3 nitrogen and oxygen atoms in total. The molecule has 0 amide bonds. The van der Waals surface area contributed by atoms with Gasteiger partial charge in [-0.2, -0.15) is 0 Å². The molecular formula is C50H36N2O. The van der Waals surface area contributed by atoms with E-state index in [0.29, 0.717) is 0 Å². The van der Waals surface area contributed by atoms with E-state index in [-0.39, 0.29) is 11.3 Å². The monoisotopic (exact) mass is 680 g/mol. The molecule has 0 saturated heterocycles. The van der Waals surface area contributed by atoms with Crippen molar-refractivity contribution in [2.45, 2.75) is 43.4 Å². The van der Waals surface area contributed by atoms with Gasteiger partial charge in [0.05, 0.1) is 22.0 Å². The lowest BCUT2D eigenvalue weighted by Crippen LogP contribution is -2.35. The van der Waals surface area contributed by atoms with Gasteiger partial charge in [0.2, 0.25) is 0 Å². The van der Waals surface area contributed by atoms with E-state index in [1.807, 2.05) is 0 Å². The molecule has 1 spiro atoms. The fourth-order valence-electron chi connectivity index (χ4n) is 10.3. The van der Waals surface area contributed by atoms with E-state index in [4.69, 9.17) is 9.72 Å². The van der Waals surface area contributed by atoms with Crippen molar-refractivity contribution in [2.75, 3.05) is 0 Å². The first-order chi connectivity index (χ1) is 26.3. The van der Waals surface area contributed by atoms with Crippen LogP contribution in [0.15, 0.2) is 174 Å². The molecule has 7 aromatic rings. The molecule has 0 N–H and O–H groups in total. The Morgan fingerprint density at radius 1 is 0.623 bits per heavy atom. The van der Waals surface area contributed by atoms with E-state index in [9.17, 15) is 0 Å². The molecule has 0 fully saturated rings. The molecule has 1 atom stereocenters. The third-order valence-electron chi connectivity index (χ3n) is 12.5. The maximum atomic E-state index is 6.77. The Morgan fingerprint density at radius 3 is 2.25 bits per heavy atom. The number of pyridine rings is 1. The van der Waals surface area contributed by atoms with Gasteiger partial charge in [0.1, 0.15) is 17.1 Å². The number of aromatic nitrogens is 2. The summed E-state index contributed by atoms with van der Waals surface area (Å²) in [5.74, 6) is 2.23. The second-order valence-corrected chi connectivity index (χ2v) is 15.2. The first kappa shape index (κ1) is 29.4. The van der Waals surface area contributed by atoms with Crippen molar-refractivity contribution in [1.82, 2.24) is 9.38 Å². The van der Waals surface area contributed by atoms with Crippen LogP contribution in [-0.2, 0) is 5.41 Å². The Morgan fingerprint density at radius 2 is 1.38 bits per heavy atom. The second kappa shape index (κ2) is 10.9. The summed E-state index contributed by atoms with van der Waals surface area (Å²) in [5.41, 5.74) is 16.5. The van der Waals surface area contributed by atoms with Crippen molar-refractivity contribution in [3.63, 3.8) is 0 Å². The topological polar surface area (TPSA) is 26.5 Å². The van der Waals surface area contributed by atoms with Gasteiger partial charge in [-0.25, -0.2) is 4.98 Å². The van der Waals surface area contributed by atoms with E-state index < -0.39 is 0 Å². The number of benzene rings is 5. The van der Waals surface area contributed by atoms with E-state index in [0.717, 1.165) is 60.3 Å². The van der Waals surface area contributed by atoms with E-state index in [1.54, 1.807) is 11.1 Å². The first-order valence-electron chi connectivity index (χ1n) is 19.1. The van der Waals surface area contributed by atoms with Crippen LogP contribution in [0.1, 0.15) is 60.3 Å². The maximum absolute atomic E-state index is 6.77. The maximum Gasteiger partial charge on any atom is 0.146 e. The van der Waals surface area contributed by atoms with Crippen molar-refractivity contribution in [3.8, 4) is 11.5 Å². The molecule has 2 aromatic heterocycles. The summed E-state index contributed by atoms with van der Waals surface area (Å²) in [5, 5.41) is 3.66. The Hall–Kier alpha value is -6.19. The van der Waals surface area contributed by atoms with Gasteiger partial charge in [-0.05, 0) is 119 Å². The number of ether oxygens (including phenoxy) is 1. The molecule has 0 bridgehead atoms. The number of allylic oxidation sites excluding steroid dienone is 12. The summed E-state index contributed by atoms with van der Waals surface area (Å²) >= 11 is 0. The van der Waals surface area contributed by atoms with Crippen LogP contribution in [0.25, 0.3) is 43.9 Å². The number of fused-ring (bicyclic) bond motifs is 15. The number of imidazole rings is 1. The summed E-state index contributed by atoms with van der Waals surface area (Å²) in [7, 11) is 0. The number of para-hydroxylation sites is 4. The fraction of sp³-hybridized carbons (Fsp3) is 0.140. The van der Waals surface area contributed by atoms with Crippen molar-refractivity contribution < 1.29 is 4.74 Å². The van der Waals surface area contributed by atoms with Crippen molar-refractivity contribution in [1.29, 1.82) is 0 Å². The van der Waals surface area contributed by atoms with Crippen LogP contribution in [0.4, 0.5) is 0 Å². The normalized spacial score (nSPS) is 19.5. The summed E-state index contributed by atoms with van der Waals surface area (Å²) in [6, 6.07) is 40.0. The number of hydrogen-bond acceptors (Lipinski definition) is 2. The molecule has 0 saturated carbocycles. The van der Waals surface area contributed by atoms with Gasteiger partial charge in [0, 0.05) is 27.8 Å². The minimum Gasteiger partial charge on any atom is -0.457 e. The molecule has 4 aliphatic carbocycles. The lowest BCUT2D eigenvalue weighted by molar-refractivity contribution is 0.425. The van der Waals surface area contributed by atoms with Crippen LogP contribution in [-0.4, -0.2) is 9.38 Å². The minimum absolute atomic E-state index is 0.247. The zero-order chi connectivity index (χ0) is 34.7. The summed E-state index contributed by atoms with van der Waals surface area (Å²) in [6.45, 7) is 0. The summed E-state index contributed by atoms with van der Waals surface area (Å²) < 4.78 is 9.10. The van der Waals surface area contributed by atoms with E-state index >= 15 is 0 Å². The average molecular weight is 681 g/mol. The highest BCUT2D eigenvalue weighted by molar-refractivity contribution is 6.14. The lowest BCUT2D eigenvalue weighted by atomic mass is 9.62. The molecule has 53 heavy (non-hydrogen) atoms. The molecule has 1 aliphatic heterocycles. The van der Waals surface area contributed by atoms with Crippen LogP contribution in [0.2, 0.25) is 0 Å². The smallest absolute Gasteiger partial charge is 0.146 e. The zero-order valence-electron chi connectivity index (χ0n) is 29.3. The Kier molecular flexibility index (Phi) is 6.05. The number of nitrogens with zero attached hydrogens (tertiary/aromatic N) is 2. The standard InChI is InChI=1S/C50H36N2O/c1-4-17-40-36(14-1)37-15-2-5-18-41(37)50(40)42-19-6-10-23-47(42)53-48-27-25-34(30-43(48)50)32-13-11-12-31(28-32)33-24-26-35-38-16-3-8-21-45(38)52-46-22-9-7-20-44(46)51-49(52)39(35)29-33/h1-3,6-12,14-16,19-30,32H,4-5,13,17-18H2. The van der Waals surface area contributed by atoms with Crippen LogP contribution in [0.5, 0.6) is 11.5 Å². The van der Waals surface area contributed by atoms with Gasteiger partial charge in [-0.15, -0.1) is 0 Å². The number of hydrogen-bond donors (Lipinski definition) is 0. The predicted octanol–water partition coefficient (Wildman–Crippen LogP) is 12.6. The van der Waals surface area contributed by atoms with E-state index in [1.165, 1.54) is 60.6 Å². The van der Waals surface area contributed by atoms with Crippen LogP contribution in [0, 0.1) is 0 Å². The van der Waals surface area contributed by atoms with Crippen LogP contribution < -0.4 is 4.74 Å². The third-order valence-corrected chi connectivity index (χ3v) is 12.5. The molecule has 3 heterocycles. The van der Waals surface area contributed by atoms with Crippen molar-refractivity contribution >= 4 is 43.9 Å². The van der Waals surface area contributed by atoms with Crippen molar-refractivity contribution in [3.05, 3.63) is 196 Å². The highest BCUT2D eigenvalue weighted by Gasteiger charge is 2.53. The molecule has 3 heteroatoms. The van der Waals surface area contributed by atoms with Gasteiger partial charge in [-0.3, -0.25) is 4.40 Å². The van der Waals surface area contributed by atoms with Gasteiger partial charge >= 0.3 is 0 Å². The molecule has 0 radical (unpaired) electrons. The SMILES string of the molecule is C1=CC2=C(CC1)C1(C3=C2C=CCC3)c2ccccc2Oc2ccc(C3C=C(c4ccc5c6ccccc6n6c7ccccc7nc6c5c4)C=CC3)cc21. The molecule has 5 aromatic carbocycles. The average Bonchev–Trinajstić information content (AvgIpc) is 3.76. The Labute approximate surface area is 308 Å². The van der Waals surface area contributed by atoms with Gasteiger partial charge in [0.15, 0.2) is 0 Å². The van der Waals surface area contributed by atoms with Crippen molar-refractivity contribution in [2.24, 2.45) is 0 Å². The summed E-state index contributed by atoms with van der Waals surface area (Å²) in [6.07, 6.45) is 21.9. The van der Waals surface area contributed by atoms with Gasteiger partial charge in [-0.1, -0.05) is 109 Å². The van der Waals surface area contributed by atoms with Crippen LogP contribution >= 0.6 is 0 Å². The second-order valence-electron chi connectivity index (χ2n) is 15.2. The van der Waals surface area contributed by atoms with Gasteiger partial charge < -0.3 is 4.74 Å². The summed E-state index contributed by atoms with van der Waals surface area (Å²) in [4.78, 5) is 5.19. The molecule has 12 rings (SSSR count). The number of rotatable bonds is 2. The molecule has 5 aliphatic rings. The van der Waals surface area contributed by atoms with Crippen LogP contribution in [0.3, 0.4) is 0 Å². The highest BCUT2D eigenvalue weighted by atomic mass is 16.5. The highest BCUT2D eigenvalue weighted by Crippen LogP contribution is 2.64. The largest absolute Gasteiger partial charge is 0.457 e. The molecular weight excluding hydrogens is 645 g/mol. The molecule has 252 valence electrons. The quantitative estimate of drug-likeness (QED) is 0.170. The predicted molar refractivity (Wildman–Crippen MR) is 217 cm³/mol. The fourth-order valence-corrected chi connectivity index (χ4v) is 10.3. The minimum atomic E-state index is -0.294. The third kappa shape index (κ3) is 3.97. The Balaban J connectivity index is 1.02. The van der Waals surface area contributed by atoms with E-state index in [2.05, 4.69) is 156 Å².